The highest BCUT2D eigenvalue weighted by Gasteiger charge is 2.35. The predicted octanol–water partition coefficient (Wildman–Crippen LogP) is 10.4. The standard InChI is InChI=1S/C26H27F3N2O2S.C25H25F3N2/c1-34(32,33)31-16-15-30(19-23(31)17-20-7-3-2-4-8-20)18-21-11-13-22(14-12-21)24-9-5-6-10-25(24)26(27,28)29;26-25(27,28)24-9-5-4-8-23(24)21-12-10-20(11-13-21)17-30-15-14-29-22(18-30)16-19-6-2-1-3-7-19/h2-14,23H,15-19H2,1H3;1-13,22,29H,14-18H2. The molecule has 2 saturated heterocycles. The van der Waals surface area contributed by atoms with Crippen LogP contribution in [0.15, 0.2) is 158 Å². The van der Waals surface area contributed by atoms with E-state index in [0.717, 1.165) is 61.4 Å². The van der Waals surface area contributed by atoms with Crippen LogP contribution in [0.5, 0.6) is 0 Å². The molecule has 0 aromatic heterocycles. The lowest BCUT2D eigenvalue weighted by Gasteiger charge is -2.40. The number of benzene rings is 6. The summed E-state index contributed by atoms with van der Waals surface area (Å²) >= 11 is 0. The van der Waals surface area contributed by atoms with Gasteiger partial charge >= 0.3 is 12.4 Å². The number of rotatable bonds is 11. The van der Waals surface area contributed by atoms with E-state index in [-0.39, 0.29) is 17.2 Å². The average Bonchev–Trinajstić information content (AvgIpc) is 3.27. The molecular formula is C51H52F6N4O2S. The van der Waals surface area contributed by atoms with Gasteiger partial charge < -0.3 is 5.32 Å². The molecule has 0 bridgehead atoms. The number of alkyl halides is 6. The summed E-state index contributed by atoms with van der Waals surface area (Å²) in [5, 5.41) is 3.59. The zero-order valence-corrected chi connectivity index (χ0v) is 36.4. The van der Waals surface area contributed by atoms with Crippen LogP contribution < -0.4 is 5.32 Å². The number of sulfonamides is 1. The van der Waals surface area contributed by atoms with Crippen molar-refractivity contribution in [2.24, 2.45) is 0 Å². The number of hydrogen-bond acceptors (Lipinski definition) is 5. The van der Waals surface area contributed by atoms with E-state index in [2.05, 4.69) is 39.4 Å². The lowest BCUT2D eigenvalue weighted by Crippen LogP contribution is -2.55. The molecule has 2 atom stereocenters. The molecule has 6 aromatic carbocycles. The second-order valence-corrected chi connectivity index (χ2v) is 18.4. The first-order chi connectivity index (χ1) is 30.6. The van der Waals surface area contributed by atoms with Gasteiger partial charge in [0.15, 0.2) is 0 Å². The topological polar surface area (TPSA) is 55.9 Å². The SMILES string of the molecule is CS(=O)(=O)N1CCN(Cc2ccc(-c3ccccc3C(F)(F)F)cc2)CC1Cc1ccccc1.FC(F)(F)c1ccccc1-c1ccc(CN2CCNC(Cc3ccccc3)C2)cc1. The van der Waals surface area contributed by atoms with E-state index in [4.69, 9.17) is 0 Å². The molecule has 6 aromatic rings. The molecule has 2 aliphatic heterocycles. The molecule has 8 rings (SSSR count). The van der Waals surface area contributed by atoms with Crippen molar-refractivity contribution < 1.29 is 34.8 Å². The van der Waals surface area contributed by atoms with Crippen LogP contribution in [0.25, 0.3) is 22.3 Å². The molecular weight excluding hydrogens is 847 g/mol. The van der Waals surface area contributed by atoms with Crippen LogP contribution in [0.2, 0.25) is 0 Å². The van der Waals surface area contributed by atoms with Crippen LogP contribution in [-0.4, -0.2) is 80.1 Å². The highest BCUT2D eigenvalue weighted by atomic mass is 32.2. The van der Waals surface area contributed by atoms with E-state index in [9.17, 15) is 34.8 Å². The Kier molecular flexibility index (Phi) is 15.1. The van der Waals surface area contributed by atoms with Crippen molar-refractivity contribution >= 4 is 10.0 Å². The van der Waals surface area contributed by atoms with Crippen molar-refractivity contribution in [3.8, 4) is 22.3 Å². The van der Waals surface area contributed by atoms with Crippen LogP contribution in [0.1, 0.15) is 33.4 Å². The summed E-state index contributed by atoms with van der Waals surface area (Å²) in [6.07, 6.45) is -5.91. The van der Waals surface area contributed by atoms with Gasteiger partial charge in [-0.25, -0.2) is 8.42 Å². The number of piperazine rings is 2. The maximum Gasteiger partial charge on any atom is 0.417 e. The van der Waals surface area contributed by atoms with Crippen molar-refractivity contribution in [2.45, 2.75) is 50.4 Å². The number of nitrogens with zero attached hydrogens (tertiary/aromatic N) is 3. The summed E-state index contributed by atoms with van der Waals surface area (Å²) in [5.74, 6) is 0. The second-order valence-electron chi connectivity index (χ2n) is 16.5. The third-order valence-corrected chi connectivity index (χ3v) is 13.1. The van der Waals surface area contributed by atoms with Crippen molar-refractivity contribution in [3.63, 3.8) is 0 Å². The minimum absolute atomic E-state index is 0.159. The van der Waals surface area contributed by atoms with Gasteiger partial charge in [0, 0.05) is 64.4 Å². The summed E-state index contributed by atoms with van der Waals surface area (Å²) in [7, 11) is -3.33. The van der Waals surface area contributed by atoms with Gasteiger partial charge in [-0.2, -0.15) is 30.6 Å². The third-order valence-electron chi connectivity index (χ3n) is 11.7. The Hall–Kier alpha value is -5.31. The first-order valence-corrected chi connectivity index (χ1v) is 23.2. The fraction of sp³-hybridized carbons (Fsp3) is 0.294. The first-order valence-electron chi connectivity index (χ1n) is 21.3. The van der Waals surface area contributed by atoms with E-state index in [1.807, 2.05) is 60.7 Å². The largest absolute Gasteiger partial charge is 0.417 e. The zero-order chi connectivity index (χ0) is 45.3. The summed E-state index contributed by atoms with van der Waals surface area (Å²) < 4.78 is 106. The maximum absolute atomic E-state index is 13.4. The molecule has 2 unspecified atom stereocenters. The molecule has 0 saturated carbocycles. The number of halogens is 6. The average molecular weight is 899 g/mol. The molecule has 0 aliphatic carbocycles. The Morgan fingerprint density at radius 1 is 0.516 bits per heavy atom. The highest BCUT2D eigenvalue weighted by molar-refractivity contribution is 7.88. The molecule has 1 N–H and O–H groups in total. The van der Waals surface area contributed by atoms with Crippen LogP contribution in [0, 0.1) is 0 Å². The Morgan fingerprint density at radius 3 is 1.42 bits per heavy atom. The quantitative estimate of drug-likeness (QED) is 0.131. The molecule has 0 amide bonds. The molecule has 6 nitrogen and oxygen atoms in total. The summed E-state index contributed by atoms with van der Waals surface area (Å²) in [4.78, 5) is 4.61. The van der Waals surface area contributed by atoms with Gasteiger partial charge in [0.25, 0.3) is 0 Å². The van der Waals surface area contributed by atoms with E-state index < -0.39 is 33.5 Å². The molecule has 0 radical (unpaired) electrons. The Morgan fingerprint density at radius 2 is 0.953 bits per heavy atom. The first kappa shape index (κ1) is 46.7. The van der Waals surface area contributed by atoms with Crippen LogP contribution >= 0.6 is 0 Å². The maximum atomic E-state index is 13.4. The molecule has 336 valence electrons. The molecule has 2 aliphatic rings. The fourth-order valence-electron chi connectivity index (χ4n) is 8.67. The van der Waals surface area contributed by atoms with Gasteiger partial charge in [0.2, 0.25) is 10.0 Å². The number of hydrogen-bond donors (Lipinski definition) is 1. The Bertz CT molecular complexity index is 2520. The molecule has 64 heavy (non-hydrogen) atoms. The smallest absolute Gasteiger partial charge is 0.311 e. The summed E-state index contributed by atoms with van der Waals surface area (Å²) in [6, 6.07) is 46.4. The van der Waals surface area contributed by atoms with Crippen molar-refractivity contribution in [2.75, 3.05) is 45.5 Å². The normalized spacial score (nSPS) is 18.0. The molecule has 13 heteroatoms. The molecule has 0 spiro atoms. The number of nitrogens with one attached hydrogen (secondary N) is 1. The van der Waals surface area contributed by atoms with Crippen LogP contribution in [0.4, 0.5) is 26.3 Å². The lowest BCUT2D eigenvalue weighted by atomic mass is 9.98. The fourth-order valence-corrected chi connectivity index (χ4v) is 9.76. The van der Waals surface area contributed by atoms with Gasteiger partial charge in [0.05, 0.1) is 17.4 Å². The van der Waals surface area contributed by atoms with E-state index >= 15 is 0 Å². The summed E-state index contributed by atoms with van der Waals surface area (Å²) in [6.45, 7) is 5.84. The zero-order valence-electron chi connectivity index (χ0n) is 35.6. The molecule has 2 fully saturated rings. The van der Waals surface area contributed by atoms with E-state index in [1.54, 1.807) is 40.7 Å². The van der Waals surface area contributed by atoms with Crippen molar-refractivity contribution in [1.29, 1.82) is 0 Å². The Labute approximate surface area is 372 Å². The minimum Gasteiger partial charge on any atom is -0.311 e. The van der Waals surface area contributed by atoms with Crippen LogP contribution in [-0.2, 0) is 48.3 Å². The van der Waals surface area contributed by atoms with Crippen LogP contribution in [0.3, 0.4) is 0 Å². The Balaban J connectivity index is 0.000000193. The van der Waals surface area contributed by atoms with Gasteiger partial charge in [-0.05, 0) is 69.5 Å². The third kappa shape index (κ3) is 12.7. The van der Waals surface area contributed by atoms with Gasteiger partial charge in [-0.15, -0.1) is 0 Å². The van der Waals surface area contributed by atoms with Gasteiger partial charge in [-0.3, -0.25) is 9.80 Å². The van der Waals surface area contributed by atoms with Gasteiger partial charge in [0.1, 0.15) is 0 Å². The van der Waals surface area contributed by atoms with Crippen molar-refractivity contribution in [1.82, 2.24) is 19.4 Å². The van der Waals surface area contributed by atoms with E-state index in [1.165, 1.54) is 36.1 Å². The monoisotopic (exact) mass is 898 g/mol. The highest BCUT2D eigenvalue weighted by Crippen LogP contribution is 2.38. The predicted molar refractivity (Wildman–Crippen MR) is 242 cm³/mol. The summed E-state index contributed by atoms with van der Waals surface area (Å²) in [5.41, 5.74) is 4.73. The van der Waals surface area contributed by atoms with E-state index in [0.29, 0.717) is 49.8 Å². The van der Waals surface area contributed by atoms with Gasteiger partial charge in [-0.1, -0.05) is 146 Å². The van der Waals surface area contributed by atoms with Crippen molar-refractivity contribution in [3.05, 3.63) is 191 Å². The second kappa shape index (κ2) is 20.7. The lowest BCUT2D eigenvalue weighted by molar-refractivity contribution is -0.137. The minimum atomic E-state index is -4.41. The molecule has 2 heterocycles.